The minimum absolute atomic E-state index is 0.0842. The fourth-order valence-electron chi connectivity index (χ4n) is 4.36. The average molecular weight is 388 g/mol. The Kier molecular flexibility index (Phi) is 4.18. The molecule has 2 N–H and O–H groups in total. The van der Waals surface area contributed by atoms with Gasteiger partial charge < -0.3 is 10.6 Å². The molecule has 0 radical (unpaired) electrons. The molecular weight excluding hydrogens is 369 g/mol. The second-order valence-electron chi connectivity index (χ2n) is 7.69. The molecule has 2 bridgehead atoms. The van der Waals surface area contributed by atoms with Crippen LogP contribution in [0.4, 0.5) is 10.1 Å². The summed E-state index contributed by atoms with van der Waals surface area (Å²) in [5.41, 5.74) is 0.545. The van der Waals surface area contributed by atoms with Gasteiger partial charge in [-0.3, -0.25) is 9.59 Å². The minimum atomic E-state index is -0.340. The van der Waals surface area contributed by atoms with Crippen LogP contribution < -0.4 is 10.6 Å². The van der Waals surface area contributed by atoms with Crippen molar-refractivity contribution in [2.75, 3.05) is 5.32 Å². The van der Waals surface area contributed by atoms with Gasteiger partial charge in [0.1, 0.15) is 16.7 Å². The van der Waals surface area contributed by atoms with Gasteiger partial charge in [0.2, 0.25) is 5.91 Å². The van der Waals surface area contributed by atoms with Crippen LogP contribution in [-0.2, 0) is 4.79 Å². The highest BCUT2D eigenvalue weighted by molar-refractivity contribution is 6.29. The molecule has 3 saturated carbocycles. The highest BCUT2D eigenvalue weighted by atomic mass is 35.5. The molecule has 2 amide bonds. The van der Waals surface area contributed by atoms with Crippen LogP contribution >= 0.6 is 11.6 Å². The first-order valence-corrected chi connectivity index (χ1v) is 9.20. The summed E-state index contributed by atoms with van der Waals surface area (Å²) in [6.45, 7) is 1.91. The first-order valence-electron chi connectivity index (χ1n) is 8.82. The van der Waals surface area contributed by atoms with E-state index in [0.29, 0.717) is 11.4 Å². The van der Waals surface area contributed by atoms with Crippen molar-refractivity contribution in [1.82, 2.24) is 10.3 Å². The summed E-state index contributed by atoms with van der Waals surface area (Å²) in [4.78, 5) is 28.9. The predicted molar refractivity (Wildman–Crippen MR) is 99.9 cm³/mol. The standard InChI is InChI=1S/C20H19ClFN3O2/c1-12(17(26)23-14-7-5-13(22)6-8-14)19-9-20(10-19,11-19)25-18(27)15-3-2-4-16(21)24-15/h2-8,12H,9-11H2,1H3,(H,23,26)(H,25,27)/t12-,19?,20?/m0/s1. The van der Waals surface area contributed by atoms with Crippen molar-refractivity contribution in [1.29, 1.82) is 0 Å². The number of hydrogen-bond acceptors (Lipinski definition) is 3. The summed E-state index contributed by atoms with van der Waals surface area (Å²) in [5, 5.41) is 6.16. The van der Waals surface area contributed by atoms with Crippen molar-refractivity contribution in [2.45, 2.75) is 31.7 Å². The third kappa shape index (κ3) is 3.18. The molecule has 0 aliphatic heterocycles. The fourth-order valence-corrected chi connectivity index (χ4v) is 4.52. The lowest BCUT2D eigenvalue weighted by atomic mass is 9.36. The smallest absolute Gasteiger partial charge is 0.270 e. The van der Waals surface area contributed by atoms with E-state index in [1.807, 2.05) is 6.92 Å². The van der Waals surface area contributed by atoms with Crippen LogP contribution in [0.3, 0.4) is 0 Å². The Hall–Kier alpha value is -2.47. The summed E-state index contributed by atoms with van der Waals surface area (Å²) in [6, 6.07) is 10.7. The van der Waals surface area contributed by atoms with Gasteiger partial charge in [0.25, 0.3) is 5.91 Å². The van der Waals surface area contributed by atoms with Crippen molar-refractivity contribution >= 4 is 29.1 Å². The maximum absolute atomic E-state index is 13.0. The Morgan fingerprint density at radius 2 is 1.81 bits per heavy atom. The van der Waals surface area contributed by atoms with Crippen molar-refractivity contribution < 1.29 is 14.0 Å². The molecular formula is C20H19ClFN3O2. The number of halogens is 2. The molecule has 5 nitrogen and oxygen atoms in total. The van der Waals surface area contributed by atoms with E-state index in [2.05, 4.69) is 15.6 Å². The maximum Gasteiger partial charge on any atom is 0.270 e. The van der Waals surface area contributed by atoms with Gasteiger partial charge in [0.15, 0.2) is 0 Å². The minimum Gasteiger partial charge on any atom is -0.345 e. The Balaban J connectivity index is 1.33. The van der Waals surface area contributed by atoms with Gasteiger partial charge >= 0.3 is 0 Å². The van der Waals surface area contributed by atoms with Gasteiger partial charge in [0.05, 0.1) is 0 Å². The largest absolute Gasteiger partial charge is 0.345 e. The maximum atomic E-state index is 13.0. The summed E-state index contributed by atoms with van der Waals surface area (Å²) in [7, 11) is 0. The zero-order valence-corrected chi connectivity index (χ0v) is 15.5. The monoisotopic (exact) mass is 387 g/mol. The Morgan fingerprint density at radius 3 is 2.44 bits per heavy atom. The second-order valence-corrected chi connectivity index (χ2v) is 8.08. The van der Waals surface area contributed by atoms with Crippen LogP contribution in [0.15, 0.2) is 42.5 Å². The van der Waals surface area contributed by atoms with E-state index >= 15 is 0 Å². The number of anilines is 1. The van der Waals surface area contributed by atoms with Crippen molar-refractivity contribution in [3.8, 4) is 0 Å². The molecule has 1 aromatic carbocycles. The fraction of sp³-hybridized carbons (Fsp3) is 0.350. The van der Waals surface area contributed by atoms with E-state index in [0.717, 1.165) is 19.3 Å². The summed E-state index contributed by atoms with van der Waals surface area (Å²) in [5.74, 6) is -0.857. The molecule has 0 spiro atoms. The SMILES string of the molecule is C[C@@H](C(=O)Nc1ccc(F)cc1)C12CC(NC(=O)c3cccc(Cl)n3)(C1)C2. The number of pyridine rings is 1. The van der Waals surface area contributed by atoms with Crippen molar-refractivity contribution in [2.24, 2.45) is 11.3 Å². The molecule has 27 heavy (non-hydrogen) atoms. The lowest BCUT2D eigenvalue weighted by Gasteiger charge is -2.72. The lowest BCUT2D eigenvalue weighted by molar-refractivity contribution is -0.184. The quantitative estimate of drug-likeness (QED) is 0.766. The van der Waals surface area contributed by atoms with Gasteiger partial charge in [-0.15, -0.1) is 0 Å². The summed E-state index contributed by atoms with van der Waals surface area (Å²) >= 11 is 5.84. The van der Waals surface area contributed by atoms with Crippen molar-refractivity contribution in [3.63, 3.8) is 0 Å². The van der Waals surface area contributed by atoms with E-state index in [1.165, 1.54) is 12.1 Å². The van der Waals surface area contributed by atoms with E-state index in [-0.39, 0.29) is 39.7 Å². The van der Waals surface area contributed by atoms with E-state index < -0.39 is 0 Å². The zero-order chi connectivity index (χ0) is 19.2. The van der Waals surface area contributed by atoms with Crippen LogP contribution in [0.1, 0.15) is 36.7 Å². The molecule has 140 valence electrons. The van der Waals surface area contributed by atoms with Crippen LogP contribution in [0.5, 0.6) is 0 Å². The number of carbonyl (C=O) groups is 2. The van der Waals surface area contributed by atoms with Crippen LogP contribution in [0.2, 0.25) is 5.15 Å². The van der Waals surface area contributed by atoms with E-state index in [9.17, 15) is 14.0 Å². The first kappa shape index (κ1) is 17.9. The summed E-state index contributed by atoms with van der Waals surface area (Å²) < 4.78 is 13.0. The van der Waals surface area contributed by atoms with Gasteiger partial charge in [-0.05, 0) is 61.1 Å². The molecule has 1 aromatic heterocycles. The van der Waals surface area contributed by atoms with Gasteiger partial charge in [0, 0.05) is 17.1 Å². The zero-order valence-electron chi connectivity index (χ0n) is 14.8. The first-order chi connectivity index (χ1) is 12.8. The molecule has 3 aliphatic rings. The molecule has 3 fully saturated rings. The van der Waals surface area contributed by atoms with Gasteiger partial charge in [-0.25, -0.2) is 9.37 Å². The molecule has 1 heterocycles. The molecule has 0 unspecified atom stereocenters. The number of rotatable bonds is 5. The molecule has 5 rings (SSSR count). The molecule has 7 heteroatoms. The number of nitrogens with zero attached hydrogens (tertiary/aromatic N) is 1. The number of carbonyl (C=O) groups excluding carboxylic acids is 2. The van der Waals surface area contributed by atoms with Gasteiger partial charge in [-0.2, -0.15) is 0 Å². The van der Waals surface area contributed by atoms with Gasteiger partial charge in [-0.1, -0.05) is 24.6 Å². The normalized spacial score (nSPS) is 26.3. The topological polar surface area (TPSA) is 71.1 Å². The number of nitrogens with one attached hydrogen (secondary N) is 2. The van der Waals surface area contributed by atoms with Crippen LogP contribution in [0, 0.1) is 17.2 Å². The highest BCUT2D eigenvalue weighted by Crippen LogP contribution is 2.70. The Bertz CT molecular complexity index is 896. The van der Waals surface area contributed by atoms with E-state index in [4.69, 9.17) is 11.6 Å². The third-order valence-corrected chi connectivity index (χ3v) is 6.03. The van der Waals surface area contributed by atoms with E-state index in [1.54, 1.807) is 30.3 Å². The molecule has 2 aromatic rings. The lowest BCUT2D eigenvalue weighted by Crippen LogP contribution is -2.77. The summed E-state index contributed by atoms with van der Waals surface area (Å²) in [6.07, 6.45) is 2.30. The van der Waals surface area contributed by atoms with Crippen LogP contribution in [0.25, 0.3) is 0 Å². The highest BCUT2D eigenvalue weighted by Gasteiger charge is 2.71. The number of aromatic nitrogens is 1. The number of benzene rings is 1. The van der Waals surface area contributed by atoms with Crippen LogP contribution in [-0.4, -0.2) is 22.3 Å². The second kappa shape index (κ2) is 6.30. The Morgan fingerprint density at radius 1 is 1.15 bits per heavy atom. The molecule has 0 saturated heterocycles. The predicted octanol–water partition coefficient (Wildman–Crippen LogP) is 3.80. The third-order valence-electron chi connectivity index (χ3n) is 5.82. The number of amides is 2. The Labute approximate surface area is 161 Å². The molecule has 3 aliphatic carbocycles. The average Bonchev–Trinajstić information content (AvgIpc) is 2.58. The number of hydrogen-bond donors (Lipinski definition) is 2. The van der Waals surface area contributed by atoms with Crippen molar-refractivity contribution in [3.05, 3.63) is 59.1 Å². The molecule has 1 atom stereocenters.